The van der Waals surface area contributed by atoms with Crippen LogP contribution in [0.1, 0.15) is 31.0 Å². The number of pyridine rings is 1. The summed E-state index contributed by atoms with van der Waals surface area (Å²) < 4.78 is 14.0. The summed E-state index contributed by atoms with van der Waals surface area (Å²) in [5, 5.41) is 0. The Morgan fingerprint density at radius 3 is 2.93 bits per heavy atom. The first-order chi connectivity index (χ1) is 6.66. The van der Waals surface area contributed by atoms with Crippen molar-refractivity contribution in [2.45, 2.75) is 25.3 Å². The van der Waals surface area contributed by atoms with Gasteiger partial charge in [0.1, 0.15) is 5.82 Å². The number of aromatic nitrogens is 1. The third-order valence-corrected chi connectivity index (χ3v) is 2.91. The molecule has 1 aliphatic carbocycles. The minimum atomic E-state index is -0.312. The average Bonchev–Trinajstić information content (AvgIpc) is 2.87. The highest BCUT2D eigenvalue weighted by Gasteiger charge is 2.26. The molecule has 2 N–H and O–H groups in total. The van der Waals surface area contributed by atoms with E-state index in [1.165, 1.54) is 18.9 Å². The Morgan fingerprint density at radius 2 is 2.36 bits per heavy atom. The number of nitrogens with two attached hydrogens (primary N) is 1. The molecule has 0 bridgehead atoms. The van der Waals surface area contributed by atoms with Crippen LogP contribution >= 0.6 is 15.9 Å². The van der Waals surface area contributed by atoms with Gasteiger partial charge in [-0.3, -0.25) is 4.98 Å². The molecule has 0 unspecified atom stereocenters. The van der Waals surface area contributed by atoms with Gasteiger partial charge in [0.25, 0.3) is 0 Å². The highest BCUT2D eigenvalue weighted by atomic mass is 79.9. The molecule has 1 aliphatic rings. The molecule has 4 heteroatoms. The summed E-state index contributed by atoms with van der Waals surface area (Å²) in [6, 6.07) is 1.16. The minimum absolute atomic E-state index is 0.254. The van der Waals surface area contributed by atoms with Crippen molar-refractivity contribution in [3.05, 3.63) is 28.2 Å². The molecule has 1 atom stereocenters. The molecule has 0 saturated heterocycles. The van der Waals surface area contributed by atoms with Gasteiger partial charge in [0.2, 0.25) is 0 Å². The number of nitrogens with zero attached hydrogens (tertiary/aromatic N) is 1. The van der Waals surface area contributed by atoms with Crippen molar-refractivity contribution in [3.8, 4) is 0 Å². The number of hydrogen-bond donors (Lipinski definition) is 1. The van der Waals surface area contributed by atoms with Crippen LogP contribution in [0.15, 0.2) is 16.7 Å². The molecule has 1 aromatic rings. The van der Waals surface area contributed by atoms with Crippen molar-refractivity contribution >= 4 is 15.9 Å². The molecule has 2 nitrogen and oxygen atoms in total. The summed E-state index contributed by atoms with van der Waals surface area (Å²) in [5.41, 5.74) is 6.26. The first-order valence-corrected chi connectivity index (χ1v) is 5.52. The van der Waals surface area contributed by atoms with Gasteiger partial charge in [0, 0.05) is 10.7 Å². The van der Waals surface area contributed by atoms with Crippen LogP contribution in [0.25, 0.3) is 0 Å². The van der Waals surface area contributed by atoms with Crippen LogP contribution in [0.5, 0.6) is 0 Å². The molecule has 14 heavy (non-hydrogen) atoms. The zero-order valence-electron chi connectivity index (χ0n) is 7.71. The van der Waals surface area contributed by atoms with Gasteiger partial charge in [-0.1, -0.05) is 12.8 Å². The van der Waals surface area contributed by atoms with E-state index in [4.69, 9.17) is 5.73 Å². The van der Waals surface area contributed by atoms with Gasteiger partial charge >= 0.3 is 0 Å². The SMILES string of the molecule is N[C@@H](CC1CC1)c1ncc(Br)cc1F. The van der Waals surface area contributed by atoms with Gasteiger partial charge in [-0.2, -0.15) is 0 Å². The van der Waals surface area contributed by atoms with Crippen LogP contribution in [-0.4, -0.2) is 4.98 Å². The Labute approximate surface area is 90.8 Å². The number of rotatable bonds is 3. The molecule has 0 spiro atoms. The van der Waals surface area contributed by atoms with Crippen LogP contribution < -0.4 is 5.73 Å². The van der Waals surface area contributed by atoms with Crippen molar-refractivity contribution in [3.63, 3.8) is 0 Å². The Hall–Kier alpha value is -0.480. The predicted molar refractivity (Wildman–Crippen MR) is 56.2 cm³/mol. The van der Waals surface area contributed by atoms with Gasteiger partial charge in [-0.25, -0.2) is 4.39 Å². The van der Waals surface area contributed by atoms with Gasteiger partial charge in [0.15, 0.2) is 0 Å². The number of hydrogen-bond acceptors (Lipinski definition) is 2. The molecular weight excluding hydrogens is 247 g/mol. The van der Waals surface area contributed by atoms with Crippen molar-refractivity contribution in [2.24, 2.45) is 11.7 Å². The highest BCUT2D eigenvalue weighted by molar-refractivity contribution is 9.10. The fourth-order valence-electron chi connectivity index (χ4n) is 1.52. The standard InChI is InChI=1S/C10H12BrFN2/c11-7-4-8(12)10(14-5-7)9(13)3-6-1-2-6/h4-6,9H,1-3,13H2/t9-/m0/s1. The van der Waals surface area contributed by atoms with E-state index in [0.717, 1.165) is 6.42 Å². The molecular formula is C10H12BrFN2. The lowest BCUT2D eigenvalue weighted by Crippen LogP contribution is -2.14. The maximum absolute atomic E-state index is 13.4. The minimum Gasteiger partial charge on any atom is -0.323 e. The normalized spacial score (nSPS) is 18.2. The second kappa shape index (κ2) is 3.95. The molecule has 2 rings (SSSR count). The first kappa shape index (κ1) is 10.1. The zero-order chi connectivity index (χ0) is 10.1. The molecule has 1 fully saturated rings. The molecule has 0 aromatic carbocycles. The van der Waals surface area contributed by atoms with E-state index < -0.39 is 0 Å². The summed E-state index contributed by atoms with van der Waals surface area (Å²) in [6.45, 7) is 0. The topological polar surface area (TPSA) is 38.9 Å². The molecule has 0 aliphatic heterocycles. The quantitative estimate of drug-likeness (QED) is 0.906. The molecule has 76 valence electrons. The van der Waals surface area contributed by atoms with E-state index >= 15 is 0 Å². The molecule has 1 aromatic heterocycles. The van der Waals surface area contributed by atoms with Crippen LogP contribution in [0, 0.1) is 11.7 Å². The third kappa shape index (κ3) is 2.30. The highest BCUT2D eigenvalue weighted by Crippen LogP contribution is 2.36. The van der Waals surface area contributed by atoms with Crippen molar-refractivity contribution in [1.29, 1.82) is 0 Å². The van der Waals surface area contributed by atoms with Crippen LogP contribution in [0.4, 0.5) is 4.39 Å². The Morgan fingerprint density at radius 1 is 1.64 bits per heavy atom. The largest absolute Gasteiger partial charge is 0.323 e. The van der Waals surface area contributed by atoms with Crippen molar-refractivity contribution in [2.75, 3.05) is 0 Å². The summed E-state index contributed by atoms with van der Waals surface area (Å²) in [4.78, 5) is 4.01. The second-order valence-corrected chi connectivity index (χ2v) is 4.72. The van der Waals surface area contributed by atoms with E-state index in [2.05, 4.69) is 20.9 Å². The van der Waals surface area contributed by atoms with E-state index in [1.54, 1.807) is 6.20 Å². The maximum atomic E-state index is 13.4. The van der Waals surface area contributed by atoms with Crippen molar-refractivity contribution < 1.29 is 4.39 Å². The molecule has 1 heterocycles. The lowest BCUT2D eigenvalue weighted by Gasteiger charge is -2.10. The fraction of sp³-hybridized carbons (Fsp3) is 0.500. The Bertz CT molecular complexity index is 339. The first-order valence-electron chi connectivity index (χ1n) is 4.73. The van der Waals surface area contributed by atoms with E-state index in [9.17, 15) is 4.39 Å². The average molecular weight is 259 g/mol. The lowest BCUT2D eigenvalue weighted by atomic mass is 10.1. The summed E-state index contributed by atoms with van der Waals surface area (Å²) in [6.07, 6.45) is 4.90. The van der Waals surface area contributed by atoms with Gasteiger partial charge in [-0.15, -0.1) is 0 Å². The van der Waals surface area contributed by atoms with E-state index in [-0.39, 0.29) is 11.9 Å². The van der Waals surface area contributed by atoms with Crippen LogP contribution in [0.2, 0.25) is 0 Å². The smallest absolute Gasteiger partial charge is 0.147 e. The third-order valence-electron chi connectivity index (χ3n) is 2.47. The summed E-state index contributed by atoms with van der Waals surface area (Å²) >= 11 is 3.17. The monoisotopic (exact) mass is 258 g/mol. The lowest BCUT2D eigenvalue weighted by molar-refractivity contribution is 0.526. The van der Waals surface area contributed by atoms with Crippen LogP contribution in [0.3, 0.4) is 0 Å². The van der Waals surface area contributed by atoms with Gasteiger partial charge < -0.3 is 5.73 Å². The van der Waals surface area contributed by atoms with E-state index in [0.29, 0.717) is 16.1 Å². The molecule has 0 radical (unpaired) electrons. The number of halogens is 2. The predicted octanol–water partition coefficient (Wildman–Crippen LogP) is 2.78. The van der Waals surface area contributed by atoms with Gasteiger partial charge in [-0.05, 0) is 34.3 Å². The maximum Gasteiger partial charge on any atom is 0.147 e. The fourth-order valence-corrected chi connectivity index (χ4v) is 1.83. The molecule has 0 amide bonds. The summed E-state index contributed by atoms with van der Waals surface area (Å²) in [5.74, 6) is 0.377. The van der Waals surface area contributed by atoms with Gasteiger partial charge in [0.05, 0.1) is 11.7 Å². The second-order valence-electron chi connectivity index (χ2n) is 3.81. The van der Waals surface area contributed by atoms with E-state index in [1.807, 2.05) is 0 Å². The Kier molecular flexibility index (Phi) is 2.83. The molecule has 1 saturated carbocycles. The zero-order valence-corrected chi connectivity index (χ0v) is 9.30. The van der Waals surface area contributed by atoms with Crippen molar-refractivity contribution in [1.82, 2.24) is 4.98 Å². The Balaban J connectivity index is 2.13. The van der Waals surface area contributed by atoms with Crippen LogP contribution in [-0.2, 0) is 0 Å². The summed E-state index contributed by atoms with van der Waals surface area (Å²) in [7, 11) is 0.